The quantitative estimate of drug-likeness (QED) is 0.130. The number of phenols is 1. The van der Waals surface area contributed by atoms with E-state index in [4.69, 9.17) is 4.74 Å². The highest BCUT2D eigenvalue weighted by molar-refractivity contribution is 5.97. The van der Waals surface area contributed by atoms with Gasteiger partial charge in [-0.15, -0.1) is 0 Å². The van der Waals surface area contributed by atoms with Gasteiger partial charge in [0.25, 0.3) is 11.8 Å². The molecule has 0 aromatic heterocycles. The predicted octanol–water partition coefficient (Wildman–Crippen LogP) is 6.65. The average Bonchev–Trinajstić information content (AvgIpc) is 3.00. The van der Waals surface area contributed by atoms with E-state index in [0.717, 1.165) is 24.1 Å². The molecule has 44 heavy (non-hydrogen) atoms. The highest BCUT2D eigenvalue weighted by atomic mass is 19.1. The molecule has 230 valence electrons. The van der Waals surface area contributed by atoms with Crippen LogP contribution in [0.2, 0.25) is 0 Å². The maximum Gasteiger partial charge on any atom is 0.255 e. The Kier molecular flexibility index (Phi) is 11.5. The van der Waals surface area contributed by atoms with Gasteiger partial charge in [0.05, 0.1) is 17.7 Å². The fourth-order valence-electron chi connectivity index (χ4n) is 4.93. The molecule has 4 N–H and O–H groups in total. The van der Waals surface area contributed by atoms with Gasteiger partial charge in [-0.05, 0) is 79.6 Å². The summed E-state index contributed by atoms with van der Waals surface area (Å²) in [5.41, 5.74) is 1.21. The predicted molar refractivity (Wildman–Crippen MR) is 168 cm³/mol. The monoisotopic (exact) mass is 598 g/mol. The average molecular weight is 599 g/mol. The van der Waals surface area contributed by atoms with E-state index in [1.165, 1.54) is 6.07 Å². The van der Waals surface area contributed by atoms with Crippen molar-refractivity contribution < 1.29 is 28.9 Å². The van der Waals surface area contributed by atoms with Gasteiger partial charge in [-0.3, -0.25) is 9.59 Å². The zero-order chi connectivity index (χ0) is 31.5. The number of hydrogen-bond donors (Lipinski definition) is 4. The van der Waals surface area contributed by atoms with Crippen LogP contribution in [0.5, 0.6) is 17.2 Å². The van der Waals surface area contributed by atoms with Gasteiger partial charge in [-0.25, -0.2) is 4.39 Å². The minimum atomic E-state index is -1.05. The molecule has 4 rings (SSSR count). The van der Waals surface area contributed by atoms with Gasteiger partial charge in [0.1, 0.15) is 23.1 Å². The molecule has 0 aliphatic rings. The lowest BCUT2D eigenvalue weighted by atomic mass is 9.92. The first-order chi connectivity index (χ1) is 21.2. The lowest BCUT2D eigenvalue weighted by Crippen LogP contribution is -2.48. The number of carbonyl (C=O) groups excluding carboxylic acids is 2. The maximum atomic E-state index is 13.5. The first-order valence-corrected chi connectivity index (χ1v) is 14.8. The first kappa shape index (κ1) is 32.2. The van der Waals surface area contributed by atoms with E-state index >= 15 is 0 Å². The molecule has 0 fully saturated rings. The third kappa shape index (κ3) is 9.67. The first-order valence-electron chi connectivity index (χ1n) is 14.8. The molecule has 4 aromatic rings. The standard InChI is InChI=1S/C36H39FN2O5/c1-24(2)16-18-28(38-35(42)26-12-9-15-30(21-26)44-29-13-7-4-8-14-29)23-34(41)32(20-25-10-5-3-6-11-25)39-36(43)31-19-17-27(37)22-33(31)40/h3-15,17,19,21-22,24,28,32,34,40-41H,16,18,20,23H2,1-2H3,(H,38,42)(H,39,43)/t28-,32-,34-/m0/s1. The van der Waals surface area contributed by atoms with Crippen molar-refractivity contribution in [2.24, 2.45) is 5.92 Å². The third-order valence-corrected chi connectivity index (χ3v) is 7.31. The Morgan fingerprint density at radius 1 is 0.795 bits per heavy atom. The highest BCUT2D eigenvalue weighted by Gasteiger charge is 2.27. The minimum Gasteiger partial charge on any atom is -0.507 e. The van der Waals surface area contributed by atoms with Crippen LogP contribution < -0.4 is 15.4 Å². The summed E-state index contributed by atoms with van der Waals surface area (Å²) in [6.45, 7) is 4.18. The van der Waals surface area contributed by atoms with Crippen molar-refractivity contribution in [1.82, 2.24) is 10.6 Å². The Bertz CT molecular complexity index is 1510. The van der Waals surface area contributed by atoms with Gasteiger partial charge in [-0.2, -0.15) is 0 Å². The normalized spacial score (nSPS) is 13.1. The number of aromatic hydroxyl groups is 1. The van der Waals surface area contributed by atoms with Crippen LogP contribution in [-0.4, -0.2) is 40.2 Å². The molecular weight excluding hydrogens is 559 g/mol. The van der Waals surface area contributed by atoms with Crippen molar-refractivity contribution in [3.63, 3.8) is 0 Å². The van der Waals surface area contributed by atoms with E-state index in [2.05, 4.69) is 24.5 Å². The smallest absolute Gasteiger partial charge is 0.255 e. The molecule has 0 saturated carbocycles. The molecule has 7 nitrogen and oxygen atoms in total. The zero-order valence-electron chi connectivity index (χ0n) is 24.9. The van der Waals surface area contributed by atoms with Crippen molar-refractivity contribution in [2.45, 2.75) is 57.7 Å². The van der Waals surface area contributed by atoms with E-state index in [1.807, 2.05) is 60.7 Å². The number of amides is 2. The molecule has 0 saturated heterocycles. The number of rotatable bonds is 14. The summed E-state index contributed by atoms with van der Waals surface area (Å²) >= 11 is 0. The molecule has 2 amide bonds. The van der Waals surface area contributed by atoms with Crippen molar-refractivity contribution in [3.8, 4) is 17.2 Å². The number of carbonyl (C=O) groups is 2. The van der Waals surface area contributed by atoms with Crippen molar-refractivity contribution in [3.05, 3.63) is 126 Å². The molecule has 8 heteroatoms. The number of aliphatic hydroxyl groups is 1. The lowest BCUT2D eigenvalue weighted by molar-refractivity contribution is 0.0745. The SMILES string of the molecule is CC(C)CC[C@@H](C[C@H](O)[C@H](Cc1ccccc1)NC(=O)c1ccc(F)cc1O)NC(=O)c1cccc(Oc2ccccc2)c1. The summed E-state index contributed by atoms with van der Waals surface area (Å²) in [4.78, 5) is 26.5. The van der Waals surface area contributed by atoms with Crippen LogP contribution >= 0.6 is 0 Å². The Balaban J connectivity index is 1.51. The van der Waals surface area contributed by atoms with Crippen LogP contribution in [-0.2, 0) is 6.42 Å². The number of phenolic OH excluding ortho intramolecular Hbond substituents is 1. The second-order valence-electron chi connectivity index (χ2n) is 11.3. The highest BCUT2D eigenvalue weighted by Crippen LogP contribution is 2.23. The number of aliphatic hydroxyl groups excluding tert-OH is 1. The molecule has 4 aromatic carbocycles. The molecule has 0 aliphatic heterocycles. The summed E-state index contributed by atoms with van der Waals surface area (Å²) < 4.78 is 19.4. The number of halogens is 1. The molecule has 0 radical (unpaired) electrons. The fourth-order valence-corrected chi connectivity index (χ4v) is 4.93. The van der Waals surface area contributed by atoms with Crippen molar-refractivity contribution >= 4 is 11.8 Å². The summed E-state index contributed by atoms with van der Waals surface area (Å²) in [5, 5.41) is 27.6. The number of hydrogen-bond acceptors (Lipinski definition) is 5. The maximum absolute atomic E-state index is 13.5. The number of nitrogens with one attached hydrogen (secondary N) is 2. The third-order valence-electron chi connectivity index (χ3n) is 7.31. The second-order valence-corrected chi connectivity index (χ2v) is 11.3. The van der Waals surface area contributed by atoms with Gasteiger partial charge < -0.3 is 25.6 Å². The Hall–Kier alpha value is -4.69. The number of benzene rings is 4. The van der Waals surface area contributed by atoms with Gasteiger partial charge in [0, 0.05) is 17.7 Å². The summed E-state index contributed by atoms with van der Waals surface area (Å²) in [6.07, 6.45) is 0.858. The number of ether oxygens (including phenoxy) is 1. The van der Waals surface area contributed by atoms with Crippen LogP contribution in [0.4, 0.5) is 4.39 Å². The van der Waals surface area contributed by atoms with Gasteiger partial charge in [0.2, 0.25) is 0 Å². The van der Waals surface area contributed by atoms with E-state index in [0.29, 0.717) is 35.8 Å². The molecule has 0 unspecified atom stereocenters. The summed E-state index contributed by atoms with van der Waals surface area (Å²) in [5.74, 6) is -0.544. The molecule has 0 bridgehead atoms. The van der Waals surface area contributed by atoms with E-state index < -0.39 is 35.7 Å². The van der Waals surface area contributed by atoms with Crippen LogP contribution in [0, 0.1) is 11.7 Å². The van der Waals surface area contributed by atoms with Gasteiger partial charge >= 0.3 is 0 Å². The van der Waals surface area contributed by atoms with Gasteiger partial charge in [0.15, 0.2) is 0 Å². The topological polar surface area (TPSA) is 108 Å². The van der Waals surface area contributed by atoms with Crippen LogP contribution in [0.25, 0.3) is 0 Å². The van der Waals surface area contributed by atoms with E-state index in [-0.39, 0.29) is 17.9 Å². The van der Waals surface area contributed by atoms with Crippen LogP contribution in [0.15, 0.2) is 103 Å². The minimum absolute atomic E-state index is 0.0982. The Morgan fingerprint density at radius 3 is 2.16 bits per heavy atom. The zero-order valence-corrected chi connectivity index (χ0v) is 24.9. The molecule has 0 aliphatic carbocycles. The molecule has 0 heterocycles. The molecule has 3 atom stereocenters. The van der Waals surface area contributed by atoms with Crippen molar-refractivity contribution in [1.29, 1.82) is 0 Å². The summed E-state index contributed by atoms with van der Waals surface area (Å²) in [6, 6.07) is 27.6. The molecule has 0 spiro atoms. The summed E-state index contributed by atoms with van der Waals surface area (Å²) in [7, 11) is 0. The number of para-hydroxylation sites is 1. The lowest BCUT2D eigenvalue weighted by Gasteiger charge is -2.29. The Morgan fingerprint density at radius 2 is 1.48 bits per heavy atom. The van der Waals surface area contributed by atoms with Crippen LogP contribution in [0.3, 0.4) is 0 Å². The largest absolute Gasteiger partial charge is 0.507 e. The van der Waals surface area contributed by atoms with Gasteiger partial charge in [-0.1, -0.05) is 68.4 Å². The van der Waals surface area contributed by atoms with E-state index in [1.54, 1.807) is 24.3 Å². The van der Waals surface area contributed by atoms with E-state index in [9.17, 15) is 24.2 Å². The van der Waals surface area contributed by atoms with Crippen LogP contribution in [0.1, 0.15) is 59.4 Å². The van der Waals surface area contributed by atoms with Crippen molar-refractivity contribution in [2.75, 3.05) is 0 Å². The molecular formula is C36H39FN2O5. The Labute approximate surface area is 257 Å². The fraction of sp³-hybridized carbons (Fsp3) is 0.278. The second kappa shape index (κ2) is 15.7.